The van der Waals surface area contributed by atoms with Crippen molar-refractivity contribution in [3.8, 4) is 0 Å². The van der Waals surface area contributed by atoms with Crippen LogP contribution in [0.3, 0.4) is 0 Å². The van der Waals surface area contributed by atoms with Crippen molar-refractivity contribution in [1.82, 2.24) is 0 Å². The molecule has 0 unspecified atom stereocenters. The predicted octanol–water partition coefficient (Wildman–Crippen LogP) is 8.74. The normalized spacial score (nSPS) is 11.9. The van der Waals surface area contributed by atoms with Crippen LogP contribution in [0.4, 0.5) is 0 Å². The summed E-state index contributed by atoms with van der Waals surface area (Å²) in [6.45, 7) is 6.51. The molecule has 0 saturated heterocycles. The lowest BCUT2D eigenvalue weighted by atomic mass is 10.1. The van der Waals surface area contributed by atoms with Crippen LogP contribution < -0.4 is 0 Å². The van der Waals surface area contributed by atoms with Gasteiger partial charge in [-0.1, -0.05) is 109 Å². The second kappa shape index (κ2) is 27.7. The minimum Gasteiger partial charge on any atom is -0.396 e. The van der Waals surface area contributed by atoms with E-state index in [2.05, 4.69) is 26.0 Å². The fourth-order valence-corrected chi connectivity index (χ4v) is 3.82. The second-order valence-electron chi connectivity index (χ2n) is 9.04. The van der Waals surface area contributed by atoms with Crippen molar-refractivity contribution in [3.63, 3.8) is 0 Å². The Hall–Kier alpha value is -0.380. The molecule has 0 aromatic rings. The summed E-state index contributed by atoms with van der Waals surface area (Å²) in [6, 6.07) is 0. The summed E-state index contributed by atoms with van der Waals surface area (Å²) in [5.41, 5.74) is 0. The van der Waals surface area contributed by atoms with Gasteiger partial charge in [0.2, 0.25) is 0 Å². The number of rotatable bonds is 26. The lowest BCUT2D eigenvalue weighted by Crippen LogP contribution is -2.19. The lowest BCUT2D eigenvalue weighted by molar-refractivity contribution is -0.148. The molecule has 0 aliphatic heterocycles. The van der Waals surface area contributed by atoms with Crippen LogP contribution in [0.15, 0.2) is 12.2 Å². The van der Waals surface area contributed by atoms with Crippen LogP contribution >= 0.6 is 0 Å². The third-order valence-corrected chi connectivity index (χ3v) is 5.88. The average Bonchev–Trinajstić information content (AvgIpc) is 2.78. The van der Waals surface area contributed by atoms with E-state index in [0.29, 0.717) is 0 Å². The summed E-state index contributed by atoms with van der Waals surface area (Å²) in [5.74, 6) is 0. The van der Waals surface area contributed by atoms with Gasteiger partial charge < -0.3 is 14.6 Å². The molecule has 0 rings (SSSR count). The molecule has 0 fully saturated rings. The van der Waals surface area contributed by atoms with Gasteiger partial charge in [-0.05, 0) is 44.9 Å². The molecule has 3 nitrogen and oxygen atoms in total. The minimum absolute atomic E-state index is 0.0167. The van der Waals surface area contributed by atoms with Crippen molar-refractivity contribution in [2.45, 2.75) is 149 Å². The fourth-order valence-electron chi connectivity index (χ4n) is 3.82. The average molecular weight is 441 g/mol. The summed E-state index contributed by atoms with van der Waals surface area (Å²) in [7, 11) is 0. The monoisotopic (exact) mass is 440 g/mol. The highest BCUT2D eigenvalue weighted by atomic mass is 16.7. The van der Waals surface area contributed by atoms with Gasteiger partial charge in [0.05, 0.1) is 0 Å². The molecule has 0 saturated carbocycles. The molecule has 0 aromatic heterocycles. The van der Waals surface area contributed by atoms with Crippen molar-refractivity contribution >= 4 is 0 Å². The standard InChI is InChI=1S/C28H56O3/c1-3-5-7-18-22-26-30-28(31-27-23-19-8-6-4-2)24-20-16-14-12-10-9-11-13-15-17-21-25-29/h15,17,28-29H,3-14,16,18-27H2,1-2H3/b17-15+. The Balaban J connectivity index is 3.75. The largest absolute Gasteiger partial charge is 0.396 e. The van der Waals surface area contributed by atoms with Gasteiger partial charge in [-0.15, -0.1) is 0 Å². The number of unbranched alkanes of at least 4 members (excludes halogenated alkanes) is 15. The molecular weight excluding hydrogens is 384 g/mol. The highest BCUT2D eigenvalue weighted by Gasteiger charge is 2.09. The first kappa shape index (κ1) is 30.6. The molecule has 0 amide bonds. The van der Waals surface area contributed by atoms with Gasteiger partial charge in [0, 0.05) is 19.8 Å². The molecule has 0 heterocycles. The molecule has 0 aromatic carbocycles. The van der Waals surface area contributed by atoms with Crippen LogP contribution in [0.1, 0.15) is 142 Å². The maximum Gasteiger partial charge on any atom is 0.157 e. The van der Waals surface area contributed by atoms with Crippen LogP contribution in [0.2, 0.25) is 0 Å². The smallest absolute Gasteiger partial charge is 0.157 e. The number of hydrogen-bond donors (Lipinski definition) is 1. The minimum atomic E-state index is 0.0167. The molecule has 0 spiro atoms. The summed E-state index contributed by atoms with van der Waals surface area (Å²) in [4.78, 5) is 0. The van der Waals surface area contributed by atoms with Gasteiger partial charge in [0.15, 0.2) is 6.29 Å². The Labute approximate surface area is 195 Å². The number of aliphatic hydroxyl groups excluding tert-OH is 1. The van der Waals surface area contributed by atoms with Crippen LogP contribution in [0, 0.1) is 0 Å². The highest BCUT2D eigenvalue weighted by Crippen LogP contribution is 2.14. The quantitative estimate of drug-likeness (QED) is 0.0830. The molecule has 31 heavy (non-hydrogen) atoms. The van der Waals surface area contributed by atoms with Crippen LogP contribution in [-0.2, 0) is 9.47 Å². The van der Waals surface area contributed by atoms with E-state index < -0.39 is 0 Å². The van der Waals surface area contributed by atoms with Gasteiger partial charge in [0.1, 0.15) is 0 Å². The Morgan fingerprint density at radius 1 is 0.548 bits per heavy atom. The van der Waals surface area contributed by atoms with Gasteiger partial charge >= 0.3 is 0 Å². The molecule has 1 N–H and O–H groups in total. The summed E-state index contributed by atoms with van der Waals surface area (Å²) in [6.07, 6.45) is 29.4. The maximum absolute atomic E-state index is 8.74. The van der Waals surface area contributed by atoms with Gasteiger partial charge in [0.25, 0.3) is 0 Å². The predicted molar refractivity (Wildman–Crippen MR) is 136 cm³/mol. The molecular formula is C28H56O3. The maximum atomic E-state index is 8.74. The third kappa shape index (κ3) is 25.8. The molecule has 0 aliphatic carbocycles. The Morgan fingerprint density at radius 3 is 1.55 bits per heavy atom. The zero-order valence-electron chi connectivity index (χ0n) is 21.3. The Morgan fingerprint density at radius 2 is 1.00 bits per heavy atom. The SMILES string of the molecule is CCCCCCCOC(CCCCCCCCC/C=C/CCO)OCCCCCCC. The second-order valence-corrected chi connectivity index (χ2v) is 9.04. The topological polar surface area (TPSA) is 38.7 Å². The molecule has 186 valence electrons. The van der Waals surface area contributed by atoms with E-state index >= 15 is 0 Å². The Kier molecular flexibility index (Phi) is 27.3. The third-order valence-electron chi connectivity index (χ3n) is 5.88. The van der Waals surface area contributed by atoms with Crippen molar-refractivity contribution < 1.29 is 14.6 Å². The number of allylic oxidation sites excluding steroid dienone is 1. The van der Waals surface area contributed by atoms with E-state index in [0.717, 1.165) is 32.5 Å². The lowest BCUT2D eigenvalue weighted by Gasteiger charge is -2.19. The van der Waals surface area contributed by atoms with E-state index in [-0.39, 0.29) is 12.9 Å². The van der Waals surface area contributed by atoms with E-state index in [4.69, 9.17) is 14.6 Å². The molecule has 0 atom stereocenters. The summed E-state index contributed by atoms with van der Waals surface area (Å²) in [5, 5.41) is 8.74. The van der Waals surface area contributed by atoms with Gasteiger partial charge in [-0.25, -0.2) is 0 Å². The molecule has 0 radical (unpaired) electrons. The van der Waals surface area contributed by atoms with Crippen LogP contribution in [0.25, 0.3) is 0 Å². The van der Waals surface area contributed by atoms with Crippen molar-refractivity contribution in [2.24, 2.45) is 0 Å². The van der Waals surface area contributed by atoms with E-state index in [1.165, 1.54) is 109 Å². The first-order valence-corrected chi connectivity index (χ1v) is 13.8. The van der Waals surface area contributed by atoms with Crippen LogP contribution in [0.5, 0.6) is 0 Å². The molecule has 3 heteroatoms. The number of aliphatic hydroxyl groups is 1. The number of hydrogen-bond acceptors (Lipinski definition) is 3. The first-order chi connectivity index (χ1) is 15.3. The van der Waals surface area contributed by atoms with E-state index in [1.807, 2.05) is 0 Å². The van der Waals surface area contributed by atoms with Crippen molar-refractivity contribution in [2.75, 3.05) is 19.8 Å². The Bertz CT molecular complexity index is 327. The van der Waals surface area contributed by atoms with Gasteiger partial charge in [-0.2, -0.15) is 0 Å². The number of ether oxygens (including phenoxy) is 2. The van der Waals surface area contributed by atoms with Gasteiger partial charge in [-0.3, -0.25) is 0 Å². The first-order valence-electron chi connectivity index (χ1n) is 13.8. The summed E-state index contributed by atoms with van der Waals surface area (Å²) < 4.78 is 12.2. The highest BCUT2D eigenvalue weighted by molar-refractivity contribution is 4.80. The van der Waals surface area contributed by atoms with E-state index in [9.17, 15) is 0 Å². The zero-order chi connectivity index (χ0) is 22.7. The van der Waals surface area contributed by atoms with E-state index in [1.54, 1.807) is 0 Å². The van der Waals surface area contributed by atoms with Crippen molar-refractivity contribution in [1.29, 1.82) is 0 Å². The van der Waals surface area contributed by atoms with Crippen LogP contribution in [-0.4, -0.2) is 31.2 Å². The van der Waals surface area contributed by atoms with Crippen molar-refractivity contribution in [3.05, 3.63) is 12.2 Å². The molecule has 0 bridgehead atoms. The summed E-state index contributed by atoms with van der Waals surface area (Å²) >= 11 is 0. The molecule has 0 aliphatic rings. The fraction of sp³-hybridized carbons (Fsp3) is 0.929. The zero-order valence-corrected chi connectivity index (χ0v) is 21.3.